The molecule has 1 aromatic heterocycles. The summed E-state index contributed by atoms with van der Waals surface area (Å²) in [5, 5.41) is 9.83. The van der Waals surface area contributed by atoms with Crippen molar-refractivity contribution in [3.8, 4) is 23.1 Å². The van der Waals surface area contributed by atoms with E-state index in [1.165, 1.54) is 0 Å². The third kappa shape index (κ3) is 7.88. The van der Waals surface area contributed by atoms with E-state index in [4.69, 9.17) is 43.5 Å². The van der Waals surface area contributed by atoms with E-state index in [0.717, 1.165) is 98.9 Å². The first kappa shape index (κ1) is 32.8. The number of carbonyl (C=O) groups excluding carboxylic acids is 1. The van der Waals surface area contributed by atoms with Gasteiger partial charge >= 0.3 is 6.03 Å². The number of nitrogens with zero attached hydrogens (tertiary/aromatic N) is 4. The van der Waals surface area contributed by atoms with Crippen molar-refractivity contribution in [2.75, 3.05) is 46.0 Å². The number of primary amides is 1. The fourth-order valence-electron chi connectivity index (χ4n) is 6.48. The Hall–Kier alpha value is -3.10. The van der Waals surface area contributed by atoms with Gasteiger partial charge in [0.05, 0.1) is 36.6 Å². The van der Waals surface area contributed by atoms with E-state index < -0.39 is 6.03 Å². The molecule has 11 heteroatoms. The maximum Gasteiger partial charge on any atom is 0.315 e. The molecule has 2 saturated heterocycles. The van der Waals surface area contributed by atoms with E-state index in [2.05, 4.69) is 33.7 Å². The van der Waals surface area contributed by atoms with Crippen LogP contribution in [0.4, 0.5) is 4.79 Å². The molecule has 0 bridgehead atoms. The molecule has 2 fully saturated rings. The van der Waals surface area contributed by atoms with Crippen molar-refractivity contribution < 1.29 is 14.3 Å². The van der Waals surface area contributed by atoms with Gasteiger partial charge in [-0.1, -0.05) is 41.1 Å². The van der Waals surface area contributed by atoms with Crippen molar-refractivity contribution in [1.82, 2.24) is 24.9 Å². The Morgan fingerprint density at radius 2 is 1.98 bits per heavy atom. The number of carbonyl (C=O) groups is 1. The molecule has 3 aliphatic rings. The number of nitrogens with one attached hydrogen (secondary N) is 1. The van der Waals surface area contributed by atoms with Gasteiger partial charge in [0, 0.05) is 91.3 Å². The van der Waals surface area contributed by atoms with Crippen LogP contribution in [0.2, 0.25) is 10.0 Å². The van der Waals surface area contributed by atoms with Crippen LogP contribution in [0.25, 0.3) is 11.3 Å². The summed E-state index contributed by atoms with van der Waals surface area (Å²) in [6.07, 6.45) is 4.16. The number of amides is 2. The quantitative estimate of drug-likeness (QED) is 0.310. The van der Waals surface area contributed by atoms with Gasteiger partial charge in [0.1, 0.15) is 0 Å². The van der Waals surface area contributed by atoms with Gasteiger partial charge in [0.15, 0.2) is 0 Å². The highest BCUT2D eigenvalue weighted by Gasteiger charge is 2.28. The van der Waals surface area contributed by atoms with Crippen LogP contribution in [0.15, 0.2) is 36.4 Å². The summed E-state index contributed by atoms with van der Waals surface area (Å²) in [5.74, 6) is 6.55. The first-order valence-electron chi connectivity index (χ1n) is 16.2. The Kier molecular flexibility index (Phi) is 10.8. The highest BCUT2D eigenvalue weighted by atomic mass is 35.5. The van der Waals surface area contributed by atoms with Crippen LogP contribution in [-0.4, -0.2) is 83.8 Å². The van der Waals surface area contributed by atoms with Crippen molar-refractivity contribution in [3.05, 3.63) is 74.4 Å². The minimum Gasteiger partial charge on any atom is -0.379 e. The number of fused-ring (bicyclic) bond motifs is 1. The molecule has 0 radical (unpaired) electrons. The highest BCUT2D eigenvalue weighted by Crippen LogP contribution is 2.32. The smallest absolute Gasteiger partial charge is 0.315 e. The number of hydrogen-bond acceptors (Lipinski definition) is 6. The van der Waals surface area contributed by atoms with E-state index in [0.29, 0.717) is 47.7 Å². The third-order valence-corrected chi connectivity index (χ3v) is 9.80. The van der Waals surface area contributed by atoms with Crippen LogP contribution >= 0.6 is 23.2 Å². The van der Waals surface area contributed by atoms with Gasteiger partial charge in [0.2, 0.25) is 0 Å². The van der Waals surface area contributed by atoms with E-state index in [9.17, 15) is 4.79 Å². The van der Waals surface area contributed by atoms with Gasteiger partial charge in [-0.05, 0) is 62.1 Å². The molecule has 0 saturated carbocycles. The Bertz CT molecular complexity index is 1610. The van der Waals surface area contributed by atoms with Crippen molar-refractivity contribution in [2.45, 2.75) is 64.4 Å². The molecular formula is C35H42Cl2N6O3. The third-order valence-electron chi connectivity index (χ3n) is 9.10. The van der Waals surface area contributed by atoms with E-state index in [-0.39, 0.29) is 6.10 Å². The standard InChI is InChI=1S/C35H42Cl2N6O3/c1-24-23-45-17-15-41(24)12-3-13-43-33-11-14-42(35(38)44)22-30(33)34(40-43)27-8-10-31(36)26(19-27)7-5-25-6-9-32(37)28(18-25)20-39-21-29-4-2-16-46-29/h6,8-10,18-19,24,29,39H,2-4,11-17,20-23H2,1H3,(H2,38,44). The van der Waals surface area contributed by atoms with E-state index in [1.54, 1.807) is 4.90 Å². The molecule has 0 spiro atoms. The number of morpholine rings is 1. The van der Waals surface area contributed by atoms with Crippen LogP contribution in [-0.2, 0) is 35.5 Å². The zero-order valence-corrected chi connectivity index (χ0v) is 27.9. The number of halogens is 2. The van der Waals surface area contributed by atoms with Crippen LogP contribution in [0.3, 0.4) is 0 Å². The highest BCUT2D eigenvalue weighted by molar-refractivity contribution is 6.32. The molecular weight excluding hydrogens is 623 g/mol. The molecule has 244 valence electrons. The molecule has 4 heterocycles. The van der Waals surface area contributed by atoms with Gasteiger partial charge < -0.3 is 25.4 Å². The predicted octanol–water partition coefficient (Wildman–Crippen LogP) is 5.07. The Balaban J connectivity index is 1.21. The first-order chi connectivity index (χ1) is 22.4. The number of aryl methyl sites for hydroxylation is 1. The van der Waals surface area contributed by atoms with Gasteiger partial charge in [-0.15, -0.1) is 0 Å². The number of urea groups is 1. The summed E-state index contributed by atoms with van der Waals surface area (Å²) in [6.45, 7) is 9.81. The van der Waals surface area contributed by atoms with Crippen molar-refractivity contribution >= 4 is 29.2 Å². The lowest BCUT2D eigenvalue weighted by atomic mass is 9.99. The largest absolute Gasteiger partial charge is 0.379 e. The number of nitrogens with two attached hydrogens (primary N) is 1. The van der Waals surface area contributed by atoms with Gasteiger partial charge in [-0.3, -0.25) is 9.58 Å². The average molecular weight is 666 g/mol. The predicted molar refractivity (Wildman–Crippen MR) is 181 cm³/mol. The SMILES string of the molecule is CC1COCCN1CCCn1nc(-c2ccc(Cl)c(C#Cc3ccc(Cl)c(CNCC4CCCO4)c3)c2)c2c1CCN(C(N)=O)C2. The summed E-state index contributed by atoms with van der Waals surface area (Å²) >= 11 is 13.2. The molecule has 2 atom stereocenters. The molecule has 3 aliphatic heterocycles. The number of rotatable bonds is 9. The van der Waals surface area contributed by atoms with Crippen LogP contribution in [0.1, 0.15) is 54.1 Å². The Morgan fingerprint density at radius 1 is 1.11 bits per heavy atom. The molecule has 2 unspecified atom stereocenters. The lowest BCUT2D eigenvalue weighted by Gasteiger charge is -2.33. The van der Waals surface area contributed by atoms with Gasteiger partial charge in [0.25, 0.3) is 0 Å². The maximum atomic E-state index is 12.1. The minimum atomic E-state index is -0.419. The summed E-state index contributed by atoms with van der Waals surface area (Å²) in [6, 6.07) is 11.6. The lowest BCUT2D eigenvalue weighted by Crippen LogP contribution is -2.44. The zero-order valence-electron chi connectivity index (χ0n) is 26.4. The second kappa shape index (κ2) is 15.2. The number of benzene rings is 2. The minimum absolute atomic E-state index is 0.269. The fourth-order valence-corrected chi connectivity index (χ4v) is 6.83. The molecule has 6 rings (SSSR count). The summed E-state index contributed by atoms with van der Waals surface area (Å²) < 4.78 is 13.4. The van der Waals surface area contributed by atoms with Crippen LogP contribution < -0.4 is 11.1 Å². The van der Waals surface area contributed by atoms with Gasteiger partial charge in [-0.25, -0.2) is 4.79 Å². The molecule has 0 aliphatic carbocycles. The molecule has 9 nitrogen and oxygen atoms in total. The van der Waals surface area contributed by atoms with Crippen LogP contribution in [0.5, 0.6) is 0 Å². The Labute approximate surface area is 281 Å². The molecule has 3 N–H and O–H groups in total. The second-order valence-electron chi connectivity index (χ2n) is 12.3. The second-order valence-corrected chi connectivity index (χ2v) is 13.2. The van der Waals surface area contributed by atoms with Crippen molar-refractivity contribution in [1.29, 1.82) is 0 Å². The maximum absolute atomic E-state index is 12.1. The van der Waals surface area contributed by atoms with E-state index in [1.807, 2.05) is 36.4 Å². The number of ether oxygens (including phenoxy) is 2. The average Bonchev–Trinajstić information content (AvgIpc) is 3.71. The van der Waals surface area contributed by atoms with Crippen molar-refractivity contribution in [3.63, 3.8) is 0 Å². The summed E-state index contributed by atoms with van der Waals surface area (Å²) in [4.78, 5) is 16.3. The first-order valence-corrected chi connectivity index (χ1v) is 17.0. The Morgan fingerprint density at radius 3 is 2.78 bits per heavy atom. The van der Waals surface area contributed by atoms with E-state index >= 15 is 0 Å². The zero-order chi connectivity index (χ0) is 32.0. The summed E-state index contributed by atoms with van der Waals surface area (Å²) in [7, 11) is 0. The number of aromatic nitrogens is 2. The number of hydrogen-bond donors (Lipinski definition) is 2. The van der Waals surface area contributed by atoms with Gasteiger partial charge in [-0.2, -0.15) is 5.10 Å². The topological polar surface area (TPSA) is 97.9 Å². The van der Waals surface area contributed by atoms with Crippen LogP contribution in [0, 0.1) is 11.8 Å². The molecule has 2 amide bonds. The normalized spacial score (nSPS) is 19.9. The molecule has 3 aromatic rings. The van der Waals surface area contributed by atoms with Crippen molar-refractivity contribution in [2.24, 2.45) is 5.73 Å². The lowest BCUT2D eigenvalue weighted by molar-refractivity contribution is -0.00122. The molecule has 46 heavy (non-hydrogen) atoms. The summed E-state index contributed by atoms with van der Waals surface area (Å²) in [5.41, 5.74) is 12.2. The fraction of sp³-hybridized carbons (Fsp3) is 0.486. The monoisotopic (exact) mass is 664 g/mol. The molecule has 2 aromatic carbocycles.